The molecule has 0 bridgehead atoms. The minimum absolute atomic E-state index is 0.300. The Bertz CT molecular complexity index is 1030. The normalized spacial score (nSPS) is 15.8. The molecule has 3 aromatic rings. The lowest BCUT2D eigenvalue weighted by molar-refractivity contribution is 0.595. The third-order valence-electron chi connectivity index (χ3n) is 5.79. The van der Waals surface area contributed by atoms with Crippen LogP contribution in [-0.4, -0.2) is 28.5 Å². The Balaban J connectivity index is 1.55. The van der Waals surface area contributed by atoms with E-state index in [2.05, 4.69) is 66.0 Å². The summed E-state index contributed by atoms with van der Waals surface area (Å²) < 4.78 is 4.74. The zero-order chi connectivity index (χ0) is 21.3. The van der Waals surface area contributed by atoms with Crippen molar-refractivity contribution in [1.82, 2.24) is 9.36 Å². The van der Waals surface area contributed by atoms with Gasteiger partial charge in [-0.2, -0.15) is 4.37 Å². The highest BCUT2D eigenvalue weighted by atomic mass is 35.5. The molecule has 30 heavy (non-hydrogen) atoms. The first-order valence-electron chi connectivity index (χ1n) is 10.5. The number of halogens is 1. The number of nitrogens with one attached hydrogen (secondary N) is 1. The van der Waals surface area contributed by atoms with Crippen LogP contribution < -0.4 is 15.1 Å². The van der Waals surface area contributed by atoms with Crippen molar-refractivity contribution in [3.8, 4) is 0 Å². The average Bonchev–Trinajstić information content (AvgIpc) is 3.12. The molecule has 3 heterocycles. The van der Waals surface area contributed by atoms with Gasteiger partial charge in [0.15, 0.2) is 0 Å². The summed E-state index contributed by atoms with van der Waals surface area (Å²) in [4.78, 5) is 10.4. The second-order valence-electron chi connectivity index (χ2n) is 7.72. The Kier molecular flexibility index (Phi) is 6.16. The number of rotatable bonds is 6. The van der Waals surface area contributed by atoms with Crippen LogP contribution in [-0.2, 0) is 13.0 Å². The molecule has 7 heteroatoms. The van der Waals surface area contributed by atoms with Gasteiger partial charge in [0.2, 0.25) is 0 Å². The van der Waals surface area contributed by atoms with Crippen molar-refractivity contribution in [3.05, 3.63) is 57.6 Å². The maximum absolute atomic E-state index is 6.40. The van der Waals surface area contributed by atoms with Crippen LogP contribution in [0.15, 0.2) is 36.5 Å². The van der Waals surface area contributed by atoms with Crippen molar-refractivity contribution >= 4 is 46.1 Å². The van der Waals surface area contributed by atoms with Gasteiger partial charge in [0, 0.05) is 42.3 Å². The van der Waals surface area contributed by atoms with Crippen molar-refractivity contribution < 1.29 is 0 Å². The Morgan fingerprint density at radius 1 is 1.27 bits per heavy atom. The van der Waals surface area contributed by atoms with Crippen LogP contribution in [0.2, 0.25) is 5.02 Å². The number of anilines is 4. The smallest absolute Gasteiger partial charge is 0.147 e. The minimum atomic E-state index is 0.300. The third-order valence-corrected chi connectivity index (χ3v) is 6.95. The number of hydrogen-bond donors (Lipinski definition) is 1. The summed E-state index contributed by atoms with van der Waals surface area (Å²) in [7, 11) is 0. The fourth-order valence-corrected chi connectivity index (χ4v) is 5.23. The summed E-state index contributed by atoms with van der Waals surface area (Å²) in [6.07, 6.45) is 2.71. The lowest BCUT2D eigenvalue weighted by Gasteiger charge is -2.34. The average molecular weight is 442 g/mol. The van der Waals surface area contributed by atoms with Crippen molar-refractivity contribution in [2.45, 2.75) is 46.7 Å². The third kappa shape index (κ3) is 3.98. The minimum Gasteiger partial charge on any atom is -0.372 e. The van der Waals surface area contributed by atoms with Crippen LogP contribution in [0.25, 0.3) is 0 Å². The lowest BCUT2D eigenvalue weighted by atomic mass is 10.0. The molecule has 1 aromatic carbocycles. The largest absolute Gasteiger partial charge is 0.372 e. The first-order valence-corrected chi connectivity index (χ1v) is 11.6. The molecule has 1 atom stereocenters. The Morgan fingerprint density at radius 2 is 2.07 bits per heavy atom. The fraction of sp³-hybridized carbons (Fsp3) is 0.391. The van der Waals surface area contributed by atoms with E-state index in [4.69, 9.17) is 16.0 Å². The molecular weight excluding hydrogens is 414 g/mol. The van der Waals surface area contributed by atoms with Crippen LogP contribution in [0.5, 0.6) is 0 Å². The molecule has 2 aromatic heterocycles. The summed E-state index contributed by atoms with van der Waals surface area (Å²) in [5.74, 6) is 1.83. The van der Waals surface area contributed by atoms with Gasteiger partial charge in [0.1, 0.15) is 11.6 Å². The molecule has 4 rings (SSSR count). The van der Waals surface area contributed by atoms with Crippen LogP contribution in [0, 0.1) is 6.92 Å². The number of hydrogen-bond acceptors (Lipinski definition) is 6. The molecule has 0 aliphatic carbocycles. The van der Waals surface area contributed by atoms with Gasteiger partial charge in [0.25, 0.3) is 0 Å². The van der Waals surface area contributed by atoms with E-state index in [0.717, 1.165) is 43.4 Å². The standard InChI is InChI=1S/C23H28ClN5S/c1-5-28(6-2)20-10-9-17(12-15(20)3)26-22-18-13-16(4)29(14-21(18)30-27-22)23-19(24)8-7-11-25-23/h7-12,16H,5-6,13-14H2,1-4H3,(H,26,27). The Labute approximate surface area is 187 Å². The highest BCUT2D eigenvalue weighted by Crippen LogP contribution is 2.37. The highest BCUT2D eigenvalue weighted by Gasteiger charge is 2.29. The molecule has 1 aliphatic heterocycles. The summed E-state index contributed by atoms with van der Waals surface area (Å²) >= 11 is 7.96. The van der Waals surface area contributed by atoms with E-state index in [-0.39, 0.29) is 0 Å². The maximum atomic E-state index is 6.40. The van der Waals surface area contributed by atoms with Crippen molar-refractivity contribution in [2.24, 2.45) is 0 Å². The maximum Gasteiger partial charge on any atom is 0.147 e. The number of pyridine rings is 1. The molecule has 0 fully saturated rings. The molecule has 0 saturated heterocycles. The summed E-state index contributed by atoms with van der Waals surface area (Å²) in [6, 6.07) is 10.6. The molecule has 0 radical (unpaired) electrons. The highest BCUT2D eigenvalue weighted by molar-refractivity contribution is 7.06. The molecule has 0 amide bonds. The van der Waals surface area contributed by atoms with E-state index in [9.17, 15) is 0 Å². The predicted octanol–water partition coefficient (Wildman–Crippen LogP) is 6.04. The molecule has 0 spiro atoms. The number of aromatic nitrogens is 2. The zero-order valence-electron chi connectivity index (χ0n) is 17.9. The molecule has 1 aliphatic rings. The van der Waals surface area contributed by atoms with Crippen molar-refractivity contribution in [2.75, 3.05) is 28.2 Å². The zero-order valence-corrected chi connectivity index (χ0v) is 19.5. The van der Waals surface area contributed by atoms with E-state index < -0.39 is 0 Å². The first kappa shape index (κ1) is 20.9. The molecule has 158 valence electrons. The number of fused-ring (bicyclic) bond motifs is 1. The van der Waals surface area contributed by atoms with Gasteiger partial charge in [-0.25, -0.2) is 4.98 Å². The molecule has 1 N–H and O–H groups in total. The van der Waals surface area contributed by atoms with E-state index in [0.29, 0.717) is 11.1 Å². The molecule has 5 nitrogen and oxygen atoms in total. The van der Waals surface area contributed by atoms with Crippen LogP contribution >= 0.6 is 23.1 Å². The van der Waals surface area contributed by atoms with Gasteiger partial charge in [-0.3, -0.25) is 0 Å². The van der Waals surface area contributed by atoms with Gasteiger partial charge in [-0.15, -0.1) is 0 Å². The van der Waals surface area contributed by atoms with E-state index >= 15 is 0 Å². The van der Waals surface area contributed by atoms with Gasteiger partial charge in [-0.05, 0) is 81.5 Å². The van der Waals surface area contributed by atoms with Crippen LogP contribution in [0.1, 0.15) is 36.8 Å². The summed E-state index contributed by atoms with van der Waals surface area (Å²) in [5.41, 5.74) is 4.96. The van der Waals surface area contributed by atoms with E-state index in [1.807, 2.05) is 12.1 Å². The van der Waals surface area contributed by atoms with Gasteiger partial charge >= 0.3 is 0 Å². The summed E-state index contributed by atoms with van der Waals surface area (Å²) in [6.45, 7) is 11.6. The second-order valence-corrected chi connectivity index (χ2v) is 8.99. The Morgan fingerprint density at radius 3 is 2.77 bits per heavy atom. The number of benzene rings is 1. The quantitative estimate of drug-likeness (QED) is 0.505. The van der Waals surface area contributed by atoms with Crippen LogP contribution in [0.3, 0.4) is 0 Å². The lowest BCUT2D eigenvalue weighted by Crippen LogP contribution is -2.38. The fourth-order valence-electron chi connectivity index (χ4n) is 4.15. The van der Waals surface area contributed by atoms with E-state index in [1.54, 1.807) is 17.7 Å². The first-order chi connectivity index (χ1) is 14.5. The van der Waals surface area contributed by atoms with Gasteiger partial charge in [0.05, 0.1) is 16.4 Å². The van der Waals surface area contributed by atoms with Crippen LogP contribution in [0.4, 0.5) is 23.0 Å². The monoisotopic (exact) mass is 441 g/mol. The predicted molar refractivity (Wildman–Crippen MR) is 129 cm³/mol. The molecule has 0 saturated carbocycles. The van der Waals surface area contributed by atoms with Crippen molar-refractivity contribution in [3.63, 3.8) is 0 Å². The Hall–Kier alpha value is -2.31. The van der Waals surface area contributed by atoms with E-state index in [1.165, 1.54) is 21.7 Å². The SMILES string of the molecule is CCN(CC)c1ccc(Nc2nsc3c2CC(C)N(c2ncccc2Cl)C3)cc1C. The number of aryl methyl sites for hydroxylation is 1. The van der Waals surface area contributed by atoms with Gasteiger partial charge in [-0.1, -0.05) is 11.6 Å². The summed E-state index contributed by atoms with van der Waals surface area (Å²) in [5, 5.41) is 4.26. The molecular formula is C23H28ClN5S. The van der Waals surface area contributed by atoms with Crippen molar-refractivity contribution in [1.29, 1.82) is 0 Å². The topological polar surface area (TPSA) is 44.3 Å². The molecule has 1 unspecified atom stereocenters. The van der Waals surface area contributed by atoms with Gasteiger partial charge < -0.3 is 15.1 Å². The second kappa shape index (κ2) is 8.82. The number of nitrogens with zero attached hydrogens (tertiary/aromatic N) is 4.